The first kappa shape index (κ1) is 15.9. The lowest BCUT2D eigenvalue weighted by molar-refractivity contribution is 0.157. The van der Waals surface area contributed by atoms with E-state index in [2.05, 4.69) is 0 Å². The Morgan fingerprint density at radius 2 is 2.00 bits per heavy atom. The highest BCUT2D eigenvalue weighted by Crippen LogP contribution is 2.32. The lowest BCUT2D eigenvalue weighted by Crippen LogP contribution is -2.48. The Morgan fingerprint density at radius 3 is 2.62 bits per heavy atom. The number of benzene rings is 1. The first-order valence-electron chi connectivity index (χ1n) is 6.99. The van der Waals surface area contributed by atoms with Crippen LogP contribution in [-0.4, -0.2) is 25.3 Å². The van der Waals surface area contributed by atoms with Crippen LogP contribution in [0.4, 0.5) is 4.39 Å². The number of halogens is 1. The smallest absolute Gasteiger partial charge is 0.207 e. The predicted octanol–water partition coefficient (Wildman–Crippen LogP) is 2.75. The van der Waals surface area contributed by atoms with Gasteiger partial charge in [-0.1, -0.05) is 19.9 Å². The van der Waals surface area contributed by atoms with Crippen LogP contribution in [0, 0.1) is 29.0 Å². The fourth-order valence-corrected chi connectivity index (χ4v) is 4.94. The fourth-order valence-electron chi connectivity index (χ4n) is 2.93. The number of piperidine rings is 1. The minimum absolute atomic E-state index is 0.166. The molecule has 6 heteroatoms. The molecule has 3 unspecified atom stereocenters. The molecule has 0 bridgehead atoms. The van der Waals surface area contributed by atoms with Crippen LogP contribution in [-0.2, 0) is 10.0 Å². The summed E-state index contributed by atoms with van der Waals surface area (Å²) in [7, 11) is -3.87. The third kappa shape index (κ3) is 2.81. The zero-order valence-corrected chi connectivity index (χ0v) is 13.2. The highest BCUT2D eigenvalue weighted by Gasteiger charge is 2.38. The average Bonchev–Trinajstić information content (AvgIpc) is 2.42. The molecule has 3 atom stereocenters. The standard InChI is InChI=1S/C15H19FN2O2S/c1-10-7-11(2)12(3)18(9-10)21(19,20)15-6-4-5-14(16)13(15)8-17/h4-6,10-12H,7,9H2,1-3H3. The van der Waals surface area contributed by atoms with E-state index in [1.807, 2.05) is 20.8 Å². The zero-order valence-electron chi connectivity index (χ0n) is 12.4. The van der Waals surface area contributed by atoms with Crippen molar-refractivity contribution in [3.63, 3.8) is 0 Å². The Balaban J connectivity index is 2.52. The van der Waals surface area contributed by atoms with Gasteiger partial charge in [0.15, 0.2) is 0 Å². The lowest BCUT2D eigenvalue weighted by Gasteiger charge is -2.40. The molecule has 1 aromatic carbocycles. The molecule has 114 valence electrons. The molecule has 21 heavy (non-hydrogen) atoms. The first-order chi connectivity index (χ1) is 9.78. The highest BCUT2D eigenvalue weighted by molar-refractivity contribution is 7.89. The molecule has 1 aliphatic heterocycles. The molecular formula is C15H19FN2O2S. The average molecular weight is 310 g/mol. The van der Waals surface area contributed by atoms with Gasteiger partial charge in [-0.15, -0.1) is 0 Å². The monoisotopic (exact) mass is 310 g/mol. The summed E-state index contributed by atoms with van der Waals surface area (Å²) >= 11 is 0. The van der Waals surface area contributed by atoms with Crippen molar-refractivity contribution < 1.29 is 12.8 Å². The zero-order chi connectivity index (χ0) is 15.8. The maximum Gasteiger partial charge on any atom is 0.244 e. The van der Waals surface area contributed by atoms with Gasteiger partial charge < -0.3 is 0 Å². The largest absolute Gasteiger partial charge is 0.244 e. The maximum absolute atomic E-state index is 13.7. The number of hydrogen-bond donors (Lipinski definition) is 0. The number of nitriles is 1. The summed E-state index contributed by atoms with van der Waals surface area (Å²) in [6.07, 6.45) is 0.960. The molecule has 0 radical (unpaired) electrons. The summed E-state index contributed by atoms with van der Waals surface area (Å²) in [6.45, 7) is 6.27. The second kappa shape index (κ2) is 5.74. The SMILES string of the molecule is CC1CC(C)C(C)N(S(=O)(=O)c2cccc(F)c2C#N)C1. The summed E-state index contributed by atoms with van der Waals surface area (Å²) in [5.41, 5.74) is -0.407. The van der Waals surface area contributed by atoms with Gasteiger partial charge in [0.25, 0.3) is 0 Å². The predicted molar refractivity (Wildman–Crippen MR) is 77.4 cm³/mol. The van der Waals surface area contributed by atoms with Gasteiger partial charge >= 0.3 is 0 Å². The molecular weight excluding hydrogens is 291 g/mol. The first-order valence-corrected chi connectivity index (χ1v) is 8.43. The van der Waals surface area contributed by atoms with E-state index < -0.39 is 21.4 Å². The number of rotatable bonds is 2. The van der Waals surface area contributed by atoms with Crippen LogP contribution in [0.5, 0.6) is 0 Å². The summed E-state index contributed by atoms with van der Waals surface area (Å²) in [6, 6.07) is 5.22. The molecule has 1 fully saturated rings. The molecule has 0 aromatic heterocycles. The minimum Gasteiger partial charge on any atom is -0.207 e. The van der Waals surface area contributed by atoms with Crippen molar-refractivity contribution in [2.24, 2.45) is 11.8 Å². The molecule has 2 rings (SSSR count). The summed E-state index contributed by atoms with van der Waals surface area (Å²) in [5, 5.41) is 9.06. The third-order valence-electron chi connectivity index (χ3n) is 4.22. The van der Waals surface area contributed by atoms with Gasteiger partial charge in [-0.2, -0.15) is 9.57 Å². The van der Waals surface area contributed by atoms with Crippen LogP contribution >= 0.6 is 0 Å². The fraction of sp³-hybridized carbons (Fsp3) is 0.533. The van der Waals surface area contributed by atoms with E-state index in [1.165, 1.54) is 16.4 Å². The van der Waals surface area contributed by atoms with E-state index >= 15 is 0 Å². The van der Waals surface area contributed by atoms with Crippen molar-refractivity contribution in [1.82, 2.24) is 4.31 Å². The topological polar surface area (TPSA) is 61.2 Å². The summed E-state index contributed by atoms with van der Waals surface area (Å²) in [4.78, 5) is -0.238. The highest BCUT2D eigenvalue weighted by atomic mass is 32.2. The van der Waals surface area contributed by atoms with Crippen molar-refractivity contribution in [2.75, 3.05) is 6.54 Å². The van der Waals surface area contributed by atoms with E-state index in [1.54, 1.807) is 6.07 Å². The Labute approximate surface area is 125 Å². The lowest BCUT2D eigenvalue weighted by atomic mass is 9.88. The third-order valence-corrected chi connectivity index (χ3v) is 6.21. The van der Waals surface area contributed by atoms with E-state index in [0.717, 1.165) is 12.5 Å². The van der Waals surface area contributed by atoms with Gasteiger partial charge in [0, 0.05) is 12.6 Å². The Morgan fingerprint density at radius 1 is 1.33 bits per heavy atom. The number of nitrogens with zero attached hydrogens (tertiary/aromatic N) is 2. The van der Waals surface area contributed by atoms with Crippen molar-refractivity contribution in [3.8, 4) is 6.07 Å². The van der Waals surface area contributed by atoms with Gasteiger partial charge in [-0.3, -0.25) is 0 Å². The van der Waals surface area contributed by atoms with Crippen LogP contribution in [0.3, 0.4) is 0 Å². The van der Waals surface area contributed by atoms with Gasteiger partial charge in [0.1, 0.15) is 22.3 Å². The van der Waals surface area contributed by atoms with Gasteiger partial charge in [0.05, 0.1) is 0 Å². The van der Waals surface area contributed by atoms with Gasteiger partial charge in [-0.05, 0) is 37.3 Å². The molecule has 1 aliphatic rings. The molecule has 0 spiro atoms. The van der Waals surface area contributed by atoms with Crippen molar-refractivity contribution in [1.29, 1.82) is 5.26 Å². The van der Waals surface area contributed by atoms with E-state index in [4.69, 9.17) is 5.26 Å². The van der Waals surface area contributed by atoms with Crippen LogP contribution < -0.4 is 0 Å². The molecule has 0 saturated carbocycles. The molecule has 1 saturated heterocycles. The van der Waals surface area contributed by atoms with Gasteiger partial charge in [0.2, 0.25) is 10.0 Å². The summed E-state index contributed by atoms with van der Waals surface area (Å²) in [5.74, 6) is -0.336. The van der Waals surface area contributed by atoms with Crippen molar-refractivity contribution in [2.45, 2.75) is 38.1 Å². The Kier molecular flexibility index (Phi) is 4.35. The second-order valence-electron chi connectivity index (χ2n) is 5.86. The van der Waals surface area contributed by atoms with Crippen LogP contribution in [0.1, 0.15) is 32.8 Å². The minimum atomic E-state index is -3.87. The van der Waals surface area contributed by atoms with Crippen LogP contribution in [0.15, 0.2) is 23.1 Å². The van der Waals surface area contributed by atoms with E-state index in [-0.39, 0.29) is 22.8 Å². The maximum atomic E-state index is 13.7. The molecule has 4 nitrogen and oxygen atoms in total. The molecule has 0 amide bonds. The molecule has 1 heterocycles. The second-order valence-corrected chi connectivity index (χ2v) is 7.72. The normalized spacial score (nSPS) is 27.3. The van der Waals surface area contributed by atoms with Crippen molar-refractivity contribution in [3.05, 3.63) is 29.6 Å². The van der Waals surface area contributed by atoms with E-state index in [9.17, 15) is 12.8 Å². The van der Waals surface area contributed by atoms with Crippen molar-refractivity contribution >= 4 is 10.0 Å². The van der Waals surface area contributed by atoms with Crippen LogP contribution in [0.25, 0.3) is 0 Å². The van der Waals surface area contributed by atoms with Crippen LogP contribution in [0.2, 0.25) is 0 Å². The van der Waals surface area contributed by atoms with E-state index in [0.29, 0.717) is 6.54 Å². The molecule has 0 N–H and O–H groups in total. The van der Waals surface area contributed by atoms with Gasteiger partial charge in [-0.25, -0.2) is 12.8 Å². The quantitative estimate of drug-likeness (QED) is 0.844. The molecule has 0 aliphatic carbocycles. The number of sulfonamides is 1. The number of hydrogen-bond acceptors (Lipinski definition) is 3. The summed E-state index contributed by atoms with van der Waals surface area (Å²) < 4.78 is 40.8. The Hall–Kier alpha value is -1.45. The molecule has 1 aromatic rings. The Bertz CT molecular complexity index is 681.